The first-order valence-corrected chi connectivity index (χ1v) is 8.75. The molecule has 0 aliphatic carbocycles. The molecule has 0 radical (unpaired) electrons. The second-order valence-corrected chi connectivity index (χ2v) is 7.19. The summed E-state index contributed by atoms with van der Waals surface area (Å²) in [5.41, 5.74) is 1.65. The molecule has 2 rings (SSSR count). The van der Waals surface area contributed by atoms with E-state index in [0.29, 0.717) is 0 Å². The van der Waals surface area contributed by atoms with Crippen LogP contribution < -0.4 is 4.72 Å². The Kier molecular flexibility index (Phi) is 5.58. The van der Waals surface area contributed by atoms with Crippen molar-refractivity contribution in [3.05, 3.63) is 64.7 Å². The molecule has 22 heavy (non-hydrogen) atoms. The number of sulfonamides is 1. The lowest BCUT2D eigenvalue weighted by atomic mass is 10.1. The van der Waals surface area contributed by atoms with Gasteiger partial charge in [0, 0.05) is 6.54 Å². The number of hydrogen-bond acceptors (Lipinski definition) is 3. The zero-order valence-corrected chi connectivity index (χ0v) is 13.7. The third kappa shape index (κ3) is 4.30. The molecule has 0 saturated heterocycles. The van der Waals surface area contributed by atoms with E-state index in [2.05, 4.69) is 4.72 Å². The molecule has 1 atom stereocenters. The van der Waals surface area contributed by atoms with Gasteiger partial charge in [0.2, 0.25) is 10.0 Å². The summed E-state index contributed by atoms with van der Waals surface area (Å²) in [4.78, 5) is 0.0500. The summed E-state index contributed by atoms with van der Waals surface area (Å²) in [7, 11) is -3.68. The highest BCUT2D eigenvalue weighted by molar-refractivity contribution is 7.89. The maximum atomic E-state index is 12.2. The van der Waals surface area contributed by atoms with Crippen molar-refractivity contribution < 1.29 is 13.5 Å². The SMILES string of the molecule is Cc1ccc(S(=O)(=O)NCCC(O)c2ccccc2)c(Cl)c1. The van der Waals surface area contributed by atoms with Crippen LogP contribution in [0.5, 0.6) is 0 Å². The highest BCUT2D eigenvalue weighted by Gasteiger charge is 2.18. The third-order valence-electron chi connectivity index (χ3n) is 3.27. The zero-order valence-electron chi connectivity index (χ0n) is 12.2. The molecule has 2 aromatic rings. The molecule has 2 N–H and O–H groups in total. The Labute approximate surface area is 135 Å². The fraction of sp³-hybridized carbons (Fsp3) is 0.250. The van der Waals surface area contributed by atoms with Gasteiger partial charge in [0.05, 0.1) is 11.1 Å². The molecule has 0 aromatic heterocycles. The number of benzene rings is 2. The van der Waals surface area contributed by atoms with Crippen molar-refractivity contribution >= 4 is 21.6 Å². The van der Waals surface area contributed by atoms with Gasteiger partial charge < -0.3 is 5.11 Å². The van der Waals surface area contributed by atoms with Crippen LogP contribution in [0.15, 0.2) is 53.4 Å². The molecule has 6 heteroatoms. The van der Waals surface area contributed by atoms with Crippen LogP contribution in [0.25, 0.3) is 0 Å². The minimum Gasteiger partial charge on any atom is -0.388 e. The van der Waals surface area contributed by atoms with Crippen molar-refractivity contribution in [2.24, 2.45) is 0 Å². The lowest BCUT2D eigenvalue weighted by molar-refractivity contribution is 0.169. The smallest absolute Gasteiger partial charge is 0.242 e. The largest absolute Gasteiger partial charge is 0.388 e. The molecule has 0 heterocycles. The fourth-order valence-corrected chi connectivity index (χ4v) is 3.72. The summed E-state index contributed by atoms with van der Waals surface area (Å²) in [5, 5.41) is 10.2. The van der Waals surface area contributed by atoms with E-state index in [9.17, 15) is 13.5 Å². The molecule has 1 unspecified atom stereocenters. The van der Waals surface area contributed by atoms with Crippen molar-refractivity contribution in [3.8, 4) is 0 Å². The van der Waals surface area contributed by atoms with E-state index >= 15 is 0 Å². The monoisotopic (exact) mass is 339 g/mol. The molecule has 0 aliphatic heterocycles. The van der Waals surface area contributed by atoms with E-state index < -0.39 is 16.1 Å². The fourth-order valence-electron chi connectivity index (χ4n) is 2.07. The van der Waals surface area contributed by atoms with E-state index in [1.165, 1.54) is 6.07 Å². The van der Waals surface area contributed by atoms with Gasteiger partial charge in [0.15, 0.2) is 0 Å². The summed E-state index contributed by atoms with van der Waals surface area (Å²) in [5.74, 6) is 0. The number of aliphatic hydroxyl groups is 1. The van der Waals surface area contributed by atoms with Gasteiger partial charge in [-0.1, -0.05) is 48.0 Å². The van der Waals surface area contributed by atoms with Gasteiger partial charge in [-0.25, -0.2) is 13.1 Å². The summed E-state index contributed by atoms with van der Waals surface area (Å²) in [6.45, 7) is 1.97. The zero-order chi connectivity index (χ0) is 16.2. The molecule has 4 nitrogen and oxygen atoms in total. The van der Waals surface area contributed by atoms with Crippen molar-refractivity contribution in [1.82, 2.24) is 4.72 Å². The Balaban J connectivity index is 1.98. The standard InChI is InChI=1S/C16H18ClNO3S/c1-12-7-8-16(14(17)11-12)22(20,21)18-10-9-15(19)13-5-3-2-4-6-13/h2-8,11,15,18-19H,9-10H2,1H3. The molecule has 0 fully saturated rings. The van der Waals surface area contributed by atoms with Gasteiger partial charge in [-0.15, -0.1) is 0 Å². The Hall–Kier alpha value is -1.40. The molecule has 118 valence electrons. The summed E-state index contributed by atoms with van der Waals surface area (Å²) < 4.78 is 26.9. The average Bonchev–Trinajstić information content (AvgIpc) is 2.47. The van der Waals surface area contributed by atoms with E-state index in [0.717, 1.165) is 11.1 Å². The van der Waals surface area contributed by atoms with Gasteiger partial charge >= 0.3 is 0 Å². The second kappa shape index (κ2) is 7.24. The molecule has 0 bridgehead atoms. The Morgan fingerprint density at radius 1 is 1.18 bits per heavy atom. The van der Waals surface area contributed by atoms with Crippen molar-refractivity contribution in [2.45, 2.75) is 24.3 Å². The van der Waals surface area contributed by atoms with Gasteiger partial charge in [-0.3, -0.25) is 0 Å². The van der Waals surface area contributed by atoms with Crippen molar-refractivity contribution in [1.29, 1.82) is 0 Å². The van der Waals surface area contributed by atoms with Crippen molar-refractivity contribution in [3.63, 3.8) is 0 Å². The summed E-state index contributed by atoms with van der Waals surface area (Å²) in [6, 6.07) is 13.9. The molecule has 0 aliphatic rings. The van der Waals surface area contributed by atoms with Crippen LogP contribution in [-0.4, -0.2) is 20.1 Å². The molecular formula is C16H18ClNO3S. The molecule has 2 aromatic carbocycles. The number of aliphatic hydroxyl groups excluding tert-OH is 1. The quantitative estimate of drug-likeness (QED) is 0.850. The van der Waals surface area contributed by atoms with Crippen LogP contribution in [0.1, 0.15) is 23.7 Å². The van der Waals surface area contributed by atoms with Crippen LogP contribution in [0.3, 0.4) is 0 Å². The topological polar surface area (TPSA) is 66.4 Å². The van der Waals surface area contributed by atoms with Crippen LogP contribution in [0.2, 0.25) is 5.02 Å². The van der Waals surface area contributed by atoms with Gasteiger partial charge in [-0.2, -0.15) is 0 Å². The third-order valence-corrected chi connectivity index (χ3v) is 5.22. The van der Waals surface area contributed by atoms with E-state index in [4.69, 9.17) is 11.6 Å². The van der Waals surface area contributed by atoms with E-state index in [1.807, 2.05) is 25.1 Å². The summed E-state index contributed by atoms with van der Waals surface area (Å²) in [6.07, 6.45) is -0.426. The first-order chi connectivity index (χ1) is 10.4. The van der Waals surface area contributed by atoms with E-state index in [1.54, 1.807) is 24.3 Å². The number of nitrogens with one attached hydrogen (secondary N) is 1. The number of aryl methyl sites for hydroxylation is 1. The van der Waals surface area contributed by atoms with Crippen LogP contribution >= 0.6 is 11.6 Å². The average molecular weight is 340 g/mol. The minimum absolute atomic E-state index is 0.0500. The summed E-state index contributed by atoms with van der Waals surface area (Å²) >= 11 is 5.98. The minimum atomic E-state index is -3.68. The maximum absolute atomic E-state index is 12.2. The Bertz CT molecular complexity index is 732. The molecule has 0 spiro atoms. The number of rotatable bonds is 6. The van der Waals surface area contributed by atoms with Crippen LogP contribution in [0.4, 0.5) is 0 Å². The van der Waals surface area contributed by atoms with Crippen molar-refractivity contribution in [2.75, 3.05) is 6.54 Å². The van der Waals surface area contributed by atoms with Gasteiger partial charge in [0.25, 0.3) is 0 Å². The van der Waals surface area contributed by atoms with E-state index in [-0.39, 0.29) is 22.9 Å². The Morgan fingerprint density at radius 3 is 2.50 bits per heavy atom. The molecule has 0 amide bonds. The lowest BCUT2D eigenvalue weighted by Gasteiger charge is -2.12. The second-order valence-electron chi connectivity index (χ2n) is 5.05. The number of halogens is 1. The predicted octanol–water partition coefficient (Wildman–Crippen LogP) is 3.05. The molecule has 0 saturated carbocycles. The van der Waals surface area contributed by atoms with Gasteiger partial charge in [0.1, 0.15) is 4.90 Å². The first-order valence-electron chi connectivity index (χ1n) is 6.89. The van der Waals surface area contributed by atoms with Crippen LogP contribution in [-0.2, 0) is 10.0 Å². The highest BCUT2D eigenvalue weighted by atomic mass is 35.5. The predicted molar refractivity (Wildman–Crippen MR) is 87.4 cm³/mol. The number of hydrogen-bond donors (Lipinski definition) is 2. The maximum Gasteiger partial charge on any atom is 0.242 e. The van der Waals surface area contributed by atoms with Crippen LogP contribution in [0, 0.1) is 6.92 Å². The first kappa shape index (κ1) is 17.0. The Morgan fingerprint density at radius 2 is 1.86 bits per heavy atom. The normalized spacial score (nSPS) is 13.0. The van der Waals surface area contributed by atoms with Gasteiger partial charge in [-0.05, 0) is 36.6 Å². The molecular weight excluding hydrogens is 322 g/mol. The lowest BCUT2D eigenvalue weighted by Crippen LogP contribution is -2.26. The highest BCUT2D eigenvalue weighted by Crippen LogP contribution is 2.22.